The Balaban J connectivity index is 0.00000450. The van der Waals surface area contributed by atoms with E-state index in [1.807, 2.05) is 12.1 Å². The monoisotopic (exact) mass is 542 g/mol. The van der Waals surface area contributed by atoms with Crippen LogP contribution in [-0.2, 0) is 9.47 Å². The van der Waals surface area contributed by atoms with Crippen LogP contribution in [0, 0.1) is 0 Å². The number of unbranched alkanes of at least 4 members (excludes halogenated alkanes) is 1. The lowest BCUT2D eigenvalue weighted by molar-refractivity contribution is -0.0495. The van der Waals surface area contributed by atoms with Gasteiger partial charge in [0.25, 0.3) is 0 Å². The highest BCUT2D eigenvalue weighted by atomic mass is 127. The van der Waals surface area contributed by atoms with Crippen LogP contribution in [0.2, 0.25) is 0 Å². The fourth-order valence-corrected chi connectivity index (χ4v) is 3.18. The SMILES string of the molecule is CN=C(NCCCCOCCOC)NC1CCN(c2ccccc2OC(F)F)C1.I. The molecule has 30 heavy (non-hydrogen) atoms. The van der Waals surface area contributed by atoms with Crippen molar-refractivity contribution < 1.29 is 23.0 Å². The first-order chi connectivity index (χ1) is 14.1. The average Bonchev–Trinajstić information content (AvgIpc) is 3.17. The van der Waals surface area contributed by atoms with Gasteiger partial charge in [-0.15, -0.1) is 24.0 Å². The number of halogens is 3. The fraction of sp³-hybridized carbons (Fsp3) is 0.650. The summed E-state index contributed by atoms with van der Waals surface area (Å²) in [6.07, 6.45) is 2.83. The minimum atomic E-state index is -2.83. The number of ether oxygens (including phenoxy) is 3. The molecule has 1 aliphatic rings. The summed E-state index contributed by atoms with van der Waals surface area (Å²) >= 11 is 0. The number of benzene rings is 1. The van der Waals surface area contributed by atoms with Gasteiger partial charge in [-0.2, -0.15) is 8.78 Å². The zero-order valence-corrected chi connectivity index (χ0v) is 19.9. The number of alkyl halides is 2. The van der Waals surface area contributed by atoms with Gasteiger partial charge in [0.2, 0.25) is 0 Å². The number of hydrogen-bond acceptors (Lipinski definition) is 5. The van der Waals surface area contributed by atoms with Gasteiger partial charge >= 0.3 is 6.61 Å². The molecule has 0 bridgehead atoms. The number of para-hydroxylation sites is 2. The van der Waals surface area contributed by atoms with Crippen LogP contribution in [0.5, 0.6) is 5.75 Å². The van der Waals surface area contributed by atoms with Gasteiger partial charge in [-0.25, -0.2) is 0 Å². The number of nitrogens with one attached hydrogen (secondary N) is 2. The van der Waals surface area contributed by atoms with Crippen molar-refractivity contribution >= 4 is 35.6 Å². The van der Waals surface area contributed by atoms with E-state index in [-0.39, 0.29) is 35.8 Å². The highest BCUT2D eigenvalue weighted by molar-refractivity contribution is 14.0. The number of hydrogen-bond donors (Lipinski definition) is 2. The molecule has 1 unspecified atom stereocenters. The molecule has 0 aliphatic carbocycles. The summed E-state index contributed by atoms with van der Waals surface area (Å²) in [4.78, 5) is 6.32. The lowest BCUT2D eigenvalue weighted by atomic mass is 10.2. The quantitative estimate of drug-likeness (QED) is 0.183. The lowest BCUT2D eigenvalue weighted by Gasteiger charge is -2.22. The molecule has 1 aromatic carbocycles. The van der Waals surface area contributed by atoms with Gasteiger partial charge in [-0.3, -0.25) is 4.99 Å². The molecule has 1 aliphatic heterocycles. The van der Waals surface area contributed by atoms with Crippen molar-refractivity contribution in [3.8, 4) is 5.75 Å². The summed E-state index contributed by atoms with van der Waals surface area (Å²) in [6, 6.07) is 7.08. The van der Waals surface area contributed by atoms with Crippen LogP contribution in [0.15, 0.2) is 29.3 Å². The Bertz CT molecular complexity index is 625. The molecule has 172 valence electrons. The van der Waals surface area contributed by atoms with Gasteiger partial charge in [0.1, 0.15) is 5.75 Å². The van der Waals surface area contributed by atoms with Crippen LogP contribution in [0.4, 0.5) is 14.5 Å². The van der Waals surface area contributed by atoms with Crippen LogP contribution >= 0.6 is 24.0 Å². The van der Waals surface area contributed by atoms with Crippen molar-refractivity contribution in [1.29, 1.82) is 0 Å². The lowest BCUT2D eigenvalue weighted by Crippen LogP contribution is -2.44. The van der Waals surface area contributed by atoms with E-state index in [9.17, 15) is 8.78 Å². The van der Waals surface area contributed by atoms with Crippen LogP contribution < -0.4 is 20.3 Å². The van der Waals surface area contributed by atoms with E-state index in [1.165, 1.54) is 0 Å². The smallest absolute Gasteiger partial charge is 0.387 e. The van der Waals surface area contributed by atoms with Crippen molar-refractivity contribution in [1.82, 2.24) is 10.6 Å². The maximum Gasteiger partial charge on any atom is 0.387 e. The largest absolute Gasteiger partial charge is 0.433 e. The van der Waals surface area contributed by atoms with E-state index in [2.05, 4.69) is 25.3 Å². The Labute approximate surface area is 194 Å². The van der Waals surface area contributed by atoms with Crippen molar-refractivity contribution in [2.24, 2.45) is 4.99 Å². The van der Waals surface area contributed by atoms with E-state index >= 15 is 0 Å². The number of guanidine groups is 1. The maximum absolute atomic E-state index is 12.6. The predicted octanol–water partition coefficient (Wildman–Crippen LogP) is 3.09. The van der Waals surface area contributed by atoms with Crippen LogP contribution in [0.3, 0.4) is 0 Å². The Morgan fingerprint density at radius 3 is 2.77 bits per heavy atom. The topological polar surface area (TPSA) is 67.4 Å². The number of aliphatic imine (C=N–C) groups is 1. The van der Waals surface area contributed by atoms with Crippen molar-refractivity contribution in [2.75, 3.05) is 58.5 Å². The molecule has 0 saturated carbocycles. The summed E-state index contributed by atoms with van der Waals surface area (Å²) in [5.41, 5.74) is 0.688. The van der Waals surface area contributed by atoms with Crippen molar-refractivity contribution in [3.63, 3.8) is 0 Å². The second kappa shape index (κ2) is 15.4. The molecular formula is C20H33F2IN4O3. The van der Waals surface area contributed by atoms with E-state index in [0.29, 0.717) is 25.4 Å². The Morgan fingerprint density at radius 1 is 1.23 bits per heavy atom. The Kier molecular flexibility index (Phi) is 13.7. The highest BCUT2D eigenvalue weighted by Gasteiger charge is 2.25. The molecule has 7 nitrogen and oxygen atoms in total. The third-order valence-corrected chi connectivity index (χ3v) is 4.61. The zero-order chi connectivity index (χ0) is 20.9. The number of methoxy groups -OCH3 is 1. The van der Waals surface area contributed by atoms with E-state index < -0.39 is 6.61 Å². The molecule has 1 saturated heterocycles. The van der Waals surface area contributed by atoms with Crippen LogP contribution in [0.25, 0.3) is 0 Å². The minimum Gasteiger partial charge on any atom is -0.433 e. The molecule has 0 radical (unpaired) electrons. The third-order valence-electron chi connectivity index (χ3n) is 4.61. The first-order valence-corrected chi connectivity index (χ1v) is 9.96. The first-order valence-electron chi connectivity index (χ1n) is 9.96. The third kappa shape index (κ3) is 9.61. The van der Waals surface area contributed by atoms with Gasteiger partial charge in [-0.1, -0.05) is 12.1 Å². The van der Waals surface area contributed by atoms with Gasteiger partial charge in [0, 0.05) is 46.4 Å². The molecule has 10 heteroatoms. The summed E-state index contributed by atoms with van der Waals surface area (Å²) in [6.45, 7) is 1.38. The molecule has 1 heterocycles. The standard InChI is InChI=1S/C20H32F2N4O3.HI/c1-23-20(24-10-5-6-12-28-14-13-27-2)25-16-9-11-26(15-16)17-7-3-4-8-18(17)29-19(21)22;/h3-4,7-8,16,19H,5-6,9-15H2,1-2H3,(H2,23,24,25);1H. The molecule has 2 N–H and O–H groups in total. The highest BCUT2D eigenvalue weighted by Crippen LogP contribution is 2.31. The predicted molar refractivity (Wildman–Crippen MR) is 126 cm³/mol. The van der Waals surface area contributed by atoms with Crippen LogP contribution in [-0.4, -0.2) is 72.2 Å². The van der Waals surface area contributed by atoms with Crippen LogP contribution in [0.1, 0.15) is 19.3 Å². The Hall–Kier alpha value is -1.40. The van der Waals surface area contributed by atoms with Crippen molar-refractivity contribution in [2.45, 2.75) is 31.9 Å². The van der Waals surface area contributed by atoms with E-state index in [4.69, 9.17) is 9.47 Å². The first kappa shape index (κ1) is 26.6. The van der Waals surface area contributed by atoms with Gasteiger partial charge in [-0.05, 0) is 31.4 Å². The normalized spacial score (nSPS) is 16.5. The zero-order valence-electron chi connectivity index (χ0n) is 17.6. The van der Waals surface area contributed by atoms with E-state index in [1.54, 1.807) is 26.3 Å². The molecule has 1 atom stereocenters. The Morgan fingerprint density at radius 2 is 2.03 bits per heavy atom. The molecule has 0 aromatic heterocycles. The molecule has 1 fully saturated rings. The molecular weight excluding hydrogens is 509 g/mol. The van der Waals surface area contributed by atoms with E-state index in [0.717, 1.165) is 44.9 Å². The molecule has 1 aromatic rings. The molecule has 0 amide bonds. The molecule has 2 rings (SSSR count). The van der Waals surface area contributed by atoms with Gasteiger partial charge in [0.05, 0.1) is 18.9 Å². The number of rotatable bonds is 12. The summed E-state index contributed by atoms with van der Waals surface area (Å²) in [7, 11) is 3.40. The molecule has 0 spiro atoms. The second-order valence-corrected chi connectivity index (χ2v) is 6.73. The minimum absolute atomic E-state index is 0. The summed E-state index contributed by atoms with van der Waals surface area (Å²) in [5, 5.41) is 6.71. The van der Waals surface area contributed by atoms with Gasteiger partial charge < -0.3 is 29.7 Å². The summed E-state index contributed by atoms with van der Waals surface area (Å²) < 4.78 is 40.3. The van der Waals surface area contributed by atoms with Crippen molar-refractivity contribution in [3.05, 3.63) is 24.3 Å². The fourth-order valence-electron chi connectivity index (χ4n) is 3.18. The van der Waals surface area contributed by atoms with Gasteiger partial charge in [0.15, 0.2) is 5.96 Å². The number of anilines is 1. The number of nitrogens with zero attached hydrogens (tertiary/aromatic N) is 2. The average molecular weight is 542 g/mol. The maximum atomic E-state index is 12.6. The second-order valence-electron chi connectivity index (χ2n) is 6.73. The summed E-state index contributed by atoms with van der Waals surface area (Å²) in [5.74, 6) is 0.952.